The number of ether oxygens (including phenoxy) is 1. The zero-order chi connectivity index (χ0) is 12.0. The van der Waals surface area contributed by atoms with E-state index in [0.717, 1.165) is 16.5 Å². The summed E-state index contributed by atoms with van der Waals surface area (Å²) in [6.07, 6.45) is 1.08. The number of hydrogen-bond acceptors (Lipinski definition) is 5. The molecule has 1 aromatic heterocycles. The molecule has 1 rings (SSSR count). The summed E-state index contributed by atoms with van der Waals surface area (Å²) in [5.74, 6) is 0.920. The maximum Gasteiger partial charge on any atom is 0.305 e. The fraction of sp³-hybridized carbons (Fsp3) is 0.636. The molecule has 16 heavy (non-hydrogen) atoms. The number of aromatic nitrogens is 1. The molecule has 90 valence electrons. The molecule has 0 saturated heterocycles. The van der Waals surface area contributed by atoms with E-state index in [9.17, 15) is 4.79 Å². The Kier molecular flexibility index (Phi) is 5.84. The van der Waals surface area contributed by atoms with Crippen molar-refractivity contribution >= 4 is 29.1 Å². The second kappa shape index (κ2) is 6.91. The minimum atomic E-state index is -0.175. The summed E-state index contributed by atoms with van der Waals surface area (Å²) in [6.45, 7) is 4.31. The summed E-state index contributed by atoms with van der Waals surface area (Å²) < 4.78 is 4.60. The average Bonchev–Trinajstić information content (AvgIpc) is 2.75. The summed E-state index contributed by atoms with van der Waals surface area (Å²) in [4.78, 5) is 15.5. The molecule has 0 saturated carbocycles. The van der Waals surface area contributed by atoms with Gasteiger partial charge in [0.15, 0.2) is 0 Å². The molecule has 0 spiro atoms. The van der Waals surface area contributed by atoms with Gasteiger partial charge in [0, 0.05) is 11.8 Å². The van der Waals surface area contributed by atoms with Crippen LogP contribution in [0.2, 0.25) is 0 Å². The summed E-state index contributed by atoms with van der Waals surface area (Å²) in [7, 11) is 1.41. The second-order valence-electron chi connectivity index (χ2n) is 3.35. The summed E-state index contributed by atoms with van der Waals surface area (Å²) in [5, 5.41) is 3.62. The number of thiazole rings is 1. The van der Waals surface area contributed by atoms with Gasteiger partial charge in [0.05, 0.1) is 24.5 Å². The first-order chi connectivity index (χ1) is 7.67. The minimum absolute atomic E-state index is 0.175. The molecule has 3 nitrogen and oxygen atoms in total. The van der Waals surface area contributed by atoms with Crippen LogP contribution in [-0.2, 0) is 16.0 Å². The van der Waals surface area contributed by atoms with E-state index in [1.54, 1.807) is 11.3 Å². The Balaban J connectivity index is 2.48. The maximum atomic E-state index is 11.0. The molecule has 1 aromatic rings. The first kappa shape index (κ1) is 13.5. The molecule has 1 atom stereocenters. The largest absolute Gasteiger partial charge is 0.469 e. The quantitative estimate of drug-likeness (QED) is 0.736. The first-order valence-corrected chi connectivity index (χ1v) is 7.23. The molecular weight excluding hydrogens is 242 g/mol. The predicted octanol–water partition coefficient (Wildman–Crippen LogP) is 3.06. The Labute approximate surface area is 105 Å². The summed E-state index contributed by atoms with van der Waals surface area (Å²) in [5.41, 5.74) is 0.994. The van der Waals surface area contributed by atoms with Crippen molar-refractivity contribution in [1.82, 2.24) is 4.98 Å². The highest BCUT2D eigenvalue weighted by atomic mass is 32.2. The molecule has 0 amide bonds. The van der Waals surface area contributed by atoms with E-state index in [-0.39, 0.29) is 5.97 Å². The Morgan fingerprint density at radius 2 is 2.44 bits per heavy atom. The highest BCUT2D eigenvalue weighted by Gasteiger charge is 2.11. The normalized spacial score (nSPS) is 12.4. The van der Waals surface area contributed by atoms with Crippen LogP contribution in [-0.4, -0.2) is 23.8 Å². The van der Waals surface area contributed by atoms with Crippen molar-refractivity contribution < 1.29 is 9.53 Å². The molecule has 0 fully saturated rings. The molecule has 0 radical (unpaired) electrons. The van der Waals surface area contributed by atoms with Crippen molar-refractivity contribution in [3.8, 4) is 0 Å². The standard InChI is InChI=1S/C11H17NO2S2/c1-4-15-8(2)11-12-9(7-16-11)5-6-10(13)14-3/h7-8H,4-6H2,1-3H3/t8-/m0/s1. The Morgan fingerprint density at radius 3 is 3.06 bits per heavy atom. The second-order valence-corrected chi connectivity index (χ2v) is 5.86. The third-order valence-electron chi connectivity index (χ3n) is 2.15. The number of thioether (sulfide) groups is 1. The van der Waals surface area contributed by atoms with Gasteiger partial charge in [-0.25, -0.2) is 4.98 Å². The van der Waals surface area contributed by atoms with E-state index in [2.05, 4.69) is 23.6 Å². The van der Waals surface area contributed by atoms with Crippen molar-refractivity contribution in [3.05, 3.63) is 16.1 Å². The van der Waals surface area contributed by atoms with Crippen molar-refractivity contribution in [1.29, 1.82) is 0 Å². The summed E-state index contributed by atoms with van der Waals surface area (Å²) in [6, 6.07) is 0. The van der Waals surface area contributed by atoms with Gasteiger partial charge in [-0.15, -0.1) is 11.3 Å². The molecule has 0 N–H and O–H groups in total. The topological polar surface area (TPSA) is 39.2 Å². The number of carbonyl (C=O) groups is 1. The van der Waals surface area contributed by atoms with E-state index in [1.165, 1.54) is 7.11 Å². The van der Waals surface area contributed by atoms with Gasteiger partial charge in [-0.3, -0.25) is 4.79 Å². The zero-order valence-corrected chi connectivity index (χ0v) is 11.5. The van der Waals surface area contributed by atoms with Gasteiger partial charge in [0.25, 0.3) is 0 Å². The number of aryl methyl sites for hydroxylation is 1. The number of esters is 1. The lowest BCUT2D eigenvalue weighted by atomic mass is 10.2. The van der Waals surface area contributed by atoms with Crippen LogP contribution < -0.4 is 0 Å². The number of nitrogens with zero attached hydrogens (tertiary/aromatic N) is 1. The fourth-order valence-electron chi connectivity index (χ4n) is 1.28. The predicted molar refractivity (Wildman–Crippen MR) is 69.0 cm³/mol. The van der Waals surface area contributed by atoms with E-state index in [0.29, 0.717) is 18.1 Å². The van der Waals surface area contributed by atoms with Crippen LogP contribution in [0.1, 0.15) is 36.2 Å². The SMILES string of the molecule is CCS[C@@H](C)c1nc(CCC(=O)OC)cs1. The average molecular weight is 259 g/mol. The molecular formula is C11H17NO2S2. The number of hydrogen-bond donors (Lipinski definition) is 0. The van der Waals surface area contributed by atoms with E-state index >= 15 is 0 Å². The molecule has 0 aliphatic rings. The number of carbonyl (C=O) groups excluding carboxylic acids is 1. The third kappa shape index (κ3) is 4.14. The van der Waals surface area contributed by atoms with Crippen LogP contribution in [0.5, 0.6) is 0 Å². The monoisotopic (exact) mass is 259 g/mol. The zero-order valence-electron chi connectivity index (χ0n) is 9.86. The van der Waals surface area contributed by atoms with Crippen molar-refractivity contribution in [2.24, 2.45) is 0 Å². The van der Waals surface area contributed by atoms with Gasteiger partial charge >= 0.3 is 5.97 Å². The lowest BCUT2D eigenvalue weighted by molar-refractivity contribution is -0.140. The van der Waals surface area contributed by atoms with Crippen LogP contribution in [0.25, 0.3) is 0 Å². The molecule has 0 aliphatic carbocycles. The minimum Gasteiger partial charge on any atom is -0.469 e. The number of rotatable bonds is 6. The molecule has 0 unspecified atom stereocenters. The molecule has 0 aliphatic heterocycles. The van der Waals surface area contributed by atoms with Gasteiger partial charge < -0.3 is 4.74 Å². The Hall–Kier alpha value is -0.550. The van der Waals surface area contributed by atoms with Gasteiger partial charge in [0.2, 0.25) is 0 Å². The van der Waals surface area contributed by atoms with Crippen LogP contribution in [0, 0.1) is 0 Å². The maximum absolute atomic E-state index is 11.0. The molecule has 0 bridgehead atoms. The Morgan fingerprint density at radius 1 is 1.69 bits per heavy atom. The summed E-state index contributed by atoms with van der Waals surface area (Å²) >= 11 is 3.56. The van der Waals surface area contributed by atoms with Gasteiger partial charge in [0.1, 0.15) is 5.01 Å². The van der Waals surface area contributed by atoms with Crippen molar-refractivity contribution in [2.45, 2.75) is 31.9 Å². The van der Waals surface area contributed by atoms with Crippen molar-refractivity contribution in [3.63, 3.8) is 0 Å². The van der Waals surface area contributed by atoms with Crippen LogP contribution >= 0.6 is 23.1 Å². The van der Waals surface area contributed by atoms with E-state index in [1.807, 2.05) is 17.1 Å². The highest BCUT2D eigenvalue weighted by Crippen LogP contribution is 2.30. The van der Waals surface area contributed by atoms with E-state index in [4.69, 9.17) is 0 Å². The number of methoxy groups -OCH3 is 1. The lowest BCUT2D eigenvalue weighted by Gasteiger charge is -2.04. The molecule has 5 heteroatoms. The smallest absolute Gasteiger partial charge is 0.305 e. The molecule has 1 heterocycles. The molecule has 0 aromatic carbocycles. The van der Waals surface area contributed by atoms with Gasteiger partial charge in [-0.1, -0.05) is 6.92 Å². The van der Waals surface area contributed by atoms with E-state index < -0.39 is 0 Å². The van der Waals surface area contributed by atoms with Crippen LogP contribution in [0.3, 0.4) is 0 Å². The van der Waals surface area contributed by atoms with Gasteiger partial charge in [-0.05, 0) is 12.7 Å². The Bertz CT molecular complexity index is 338. The van der Waals surface area contributed by atoms with Crippen LogP contribution in [0.15, 0.2) is 5.38 Å². The lowest BCUT2D eigenvalue weighted by Crippen LogP contribution is -2.02. The fourth-order valence-corrected chi connectivity index (χ4v) is 3.13. The van der Waals surface area contributed by atoms with Crippen molar-refractivity contribution in [2.75, 3.05) is 12.9 Å². The first-order valence-electron chi connectivity index (χ1n) is 5.30. The highest BCUT2D eigenvalue weighted by molar-refractivity contribution is 7.99. The van der Waals surface area contributed by atoms with Gasteiger partial charge in [-0.2, -0.15) is 11.8 Å². The van der Waals surface area contributed by atoms with Crippen LogP contribution in [0.4, 0.5) is 0 Å². The third-order valence-corrected chi connectivity index (χ3v) is 4.43.